The summed E-state index contributed by atoms with van der Waals surface area (Å²) in [6.07, 6.45) is 2.04. The molecule has 0 bridgehead atoms. The SMILES string of the molecule is CC(C)CC(=O)Nc1ccc(CO)cn1. The van der Waals surface area contributed by atoms with Gasteiger partial charge in [-0.25, -0.2) is 4.98 Å². The quantitative estimate of drug-likeness (QED) is 0.789. The zero-order chi connectivity index (χ0) is 11.3. The molecule has 0 aliphatic heterocycles. The minimum Gasteiger partial charge on any atom is -0.392 e. The number of aliphatic hydroxyl groups is 1. The number of amides is 1. The number of aromatic nitrogens is 1. The van der Waals surface area contributed by atoms with E-state index in [-0.39, 0.29) is 12.5 Å². The zero-order valence-electron chi connectivity index (χ0n) is 9.03. The summed E-state index contributed by atoms with van der Waals surface area (Å²) in [4.78, 5) is 15.4. The maximum atomic E-state index is 11.4. The van der Waals surface area contributed by atoms with Crippen molar-refractivity contribution in [3.63, 3.8) is 0 Å². The second kappa shape index (κ2) is 5.46. The summed E-state index contributed by atoms with van der Waals surface area (Å²) in [6.45, 7) is 3.94. The van der Waals surface area contributed by atoms with E-state index in [4.69, 9.17) is 5.11 Å². The summed E-state index contributed by atoms with van der Waals surface area (Å²) in [5.74, 6) is 0.828. The summed E-state index contributed by atoms with van der Waals surface area (Å²) in [6, 6.07) is 3.42. The van der Waals surface area contributed by atoms with E-state index in [1.165, 1.54) is 0 Å². The molecular formula is C11H16N2O2. The highest BCUT2D eigenvalue weighted by atomic mass is 16.3. The van der Waals surface area contributed by atoms with Gasteiger partial charge in [0.1, 0.15) is 5.82 Å². The van der Waals surface area contributed by atoms with Gasteiger partial charge in [0.2, 0.25) is 5.91 Å². The molecule has 0 radical (unpaired) electrons. The van der Waals surface area contributed by atoms with Crippen molar-refractivity contribution in [2.24, 2.45) is 5.92 Å². The van der Waals surface area contributed by atoms with Crippen LogP contribution in [0.1, 0.15) is 25.8 Å². The molecule has 1 aromatic heterocycles. The van der Waals surface area contributed by atoms with Crippen LogP contribution in [0.5, 0.6) is 0 Å². The summed E-state index contributed by atoms with van der Waals surface area (Å²) < 4.78 is 0. The first-order valence-electron chi connectivity index (χ1n) is 4.97. The predicted octanol–water partition coefficient (Wildman–Crippen LogP) is 1.56. The van der Waals surface area contributed by atoms with Crippen LogP contribution in [-0.2, 0) is 11.4 Å². The molecule has 1 heterocycles. The van der Waals surface area contributed by atoms with Crippen LogP contribution in [0.25, 0.3) is 0 Å². The van der Waals surface area contributed by atoms with Crippen molar-refractivity contribution in [1.82, 2.24) is 4.98 Å². The Kier molecular flexibility index (Phi) is 4.24. The first-order valence-corrected chi connectivity index (χ1v) is 4.97. The third kappa shape index (κ3) is 4.08. The molecule has 0 saturated heterocycles. The van der Waals surface area contributed by atoms with E-state index in [2.05, 4.69) is 10.3 Å². The molecule has 0 aliphatic rings. The summed E-state index contributed by atoms with van der Waals surface area (Å²) >= 11 is 0. The highest BCUT2D eigenvalue weighted by molar-refractivity contribution is 5.89. The largest absolute Gasteiger partial charge is 0.392 e. The summed E-state index contributed by atoms with van der Waals surface area (Å²) in [5, 5.41) is 11.5. The second-order valence-corrected chi connectivity index (χ2v) is 3.86. The molecule has 15 heavy (non-hydrogen) atoms. The monoisotopic (exact) mass is 208 g/mol. The molecule has 1 aromatic rings. The number of nitrogens with one attached hydrogen (secondary N) is 1. The van der Waals surface area contributed by atoms with E-state index < -0.39 is 0 Å². The molecule has 0 aliphatic carbocycles. The van der Waals surface area contributed by atoms with E-state index in [1.54, 1.807) is 18.3 Å². The van der Waals surface area contributed by atoms with Crippen LogP contribution >= 0.6 is 0 Å². The van der Waals surface area contributed by atoms with Gasteiger partial charge in [-0.2, -0.15) is 0 Å². The van der Waals surface area contributed by atoms with Gasteiger partial charge in [0.05, 0.1) is 6.61 Å². The highest BCUT2D eigenvalue weighted by Crippen LogP contribution is 2.07. The molecule has 0 saturated carbocycles. The smallest absolute Gasteiger partial charge is 0.225 e. The van der Waals surface area contributed by atoms with Crippen LogP contribution in [-0.4, -0.2) is 16.0 Å². The van der Waals surface area contributed by atoms with E-state index in [0.29, 0.717) is 18.2 Å². The molecule has 4 heteroatoms. The Labute approximate surface area is 89.3 Å². The van der Waals surface area contributed by atoms with Crippen molar-refractivity contribution in [3.8, 4) is 0 Å². The number of hydrogen-bond acceptors (Lipinski definition) is 3. The van der Waals surface area contributed by atoms with Crippen LogP contribution in [0, 0.1) is 5.92 Å². The number of hydrogen-bond donors (Lipinski definition) is 2. The topological polar surface area (TPSA) is 62.2 Å². The Balaban J connectivity index is 2.53. The third-order valence-corrected chi connectivity index (χ3v) is 1.87. The first-order chi connectivity index (χ1) is 7.11. The molecule has 0 spiro atoms. The second-order valence-electron chi connectivity index (χ2n) is 3.86. The minimum absolute atomic E-state index is 0.0331. The average molecular weight is 208 g/mol. The Morgan fingerprint density at radius 2 is 2.27 bits per heavy atom. The molecule has 0 atom stereocenters. The van der Waals surface area contributed by atoms with E-state index >= 15 is 0 Å². The van der Waals surface area contributed by atoms with Gasteiger partial charge in [0.25, 0.3) is 0 Å². The van der Waals surface area contributed by atoms with Crippen molar-refractivity contribution in [3.05, 3.63) is 23.9 Å². The molecule has 1 amide bonds. The van der Waals surface area contributed by atoms with E-state index in [1.807, 2.05) is 13.8 Å². The fourth-order valence-electron chi connectivity index (χ4n) is 1.16. The molecule has 82 valence electrons. The van der Waals surface area contributed by atoms with Crippen molar-refractivity contribution in [2.75, 3.05) is 5.32 Å². The van der Waals surface area contributed by atoms with Crippen molar-refractivity contribution in [1.29, 1.82) is 0 Å². The lowest BCUT2D eigenvalue weighted by atomic mass is 10.1. The average Bonchev–Trinajstić information content (AvgIpc) is 2.17. The maximum absolute atomic E-state index is 11.4. The molecule has 4 nitrogen and oxygen atoms in total. The Hall–Kier alpha value is -1.42. The highest BCUT2D eigenvalue weighted by Gasteiger charge is 2.05. The predicted molar refractivity (Wildman–Crippen MR) is 58.2 cm³/mol. The van der Waals surface area contributed by atoms with Crippen LogP contribution < -0.4 is 5.32 Å². The van der Waals surface area contributed by atoms with Gasteiger partial charge in [-0.1, -0.05) is 19.9 Å². The van der Waals surface area contributed by atoms with Gasteiger partial charge in [0, 0.05) is 12.6 Å². The van der Waals surface area contributed by atoms with Crippen molar-refractivity contribution >= 4 is 11.7 Å². The molecular weight excluding hydrogens is 192 g/mol. The number of anilines is 1. The fraction of sp³-hybridized carbons (Fsp3) is 0.455. The Morgan fingerprint density at radius 3 is 2.73 bits per heavy atom. The standard InChI is InChI=1S/C11H16N2O2/c1-8(2)5-11(15)13-10-4-3-9(7-14)6-12-10/h3-4,6,8,14H,5,7H2,1-2H3,(H,12,13,15). The Morgan fingerprint density at radius 1 is 1.53 bits per heavy atom. The minimum atomic E-state index is -0.0345. The van der Waals surface area contributed by atoms with Crippen LogP contribution in [0.2, 0.25) is 0 Å². The summed E-state index contributed by atoms with van der Waals surface area (Å²) in [5.41, 5.74) is 0.733. The first kappa shape index (κ1) is 11.7. The van der Waals surface area contributed by atoms with Crippen molar-refractivity contribution < 1.29 is 9.90 Å². The number of aliphatic hydroxyl groups excluding tert-OH is 1. The lowest BCUT2D eigenvalue weighted by molar-refractivity contribution is -0.116. The van der Waals surface area contributed by atoms with Crippen molar-refractivity contribution in [2.45, 2.75) is 26.9 Å². The number of nitrogens with zero attached hydrogens (tertiary/aromatic N) is 1. The van der Waals surface area contributed by atoms with Gasteiger partial charge in [-0.15, -0.1) is 0 Å². The van der Waals surface area contributed by atoms with Gasteiger partial charge in [-0.05, 0) is 17.5 Å². The van der Waals surface area contributed by atoms with Crippen LogP contribution in [0.15, 0.2) is 18.3 Å². The van der Waals surface area contributed by atoms with Crippen LogP contribution in [0.3, 0.4) is 0 Å². The zero-order valence-corrected chi connectivity index (χ0v) is 9.03. The molecule has 1 rings (SSSR count). The van der Waals surface area contributed by atoms with Gasteiger partial charge < -0.3 is 10.4 Å². The molecule has 0 unspecified atom stereocenters. The third-order valence-electron chi connectivity index (χ3n) is 1.87. The van der Waals surface area contributed by atoms with Gasteiger partial charge in [-0.3, -0.25) is 4.79 Å². The van der Waals surface area contributed by atoms with Gasteiger partial charge in [0.15, 0.2) is 0 Å². The normalized spacial score (nSPS) is 10.4. The summed E-state index contributed by atoms with van der Waals surface area (Å²) in [7, 11) is 0. The fourth-order valence-corrected chi connectivity index (χ4v) is 1.16. The molecule has 0 fully saturated rings. The maximum Gasteiger partial charge on any atom is 0.225 e. The number of pyridine rings is 1. The number of carbonyl (C=O) groups is 1. The number of rotatable bonds is 4. The lowest BCUT2D eigenvalue weighted by Crippen LogP contribution is -2.14. The van der Waals surface area contributed by atoms with Gasteiger partial charge >= 0.3 is 0 Å². The molecule has 0 aromatic carbocycles. The Bertz CT molecular complexity index is 320. The lowest BCUT2D eigenvalue weighted by Gasteiger charge is -2.06. The van der Waals surface area contributed by atoms with E-state index in [0.717, 1.165) is 5.56 Å². The molecule has 2 N–H and O–H groups in total. The van der Waals surface area contributed by atoms with E-state index in [9.17, 15) is 4.79 Å². The van der Waals surface area contributed by atoms with Crippen LogP contribution in [0.4, 0.5) is 5.82 Å². The number of carbonyl (C=O) groups excluding carboxylic acids is 1.